The highest BCUT2D eigenvalue weighted by atomic mass is 79.9. The van der Waals surface area contributed by atoms with Crippen LogP contribution >= 0.6 is 15.9 Å². The second-order valence-electron chi connectivity index (χ2n) is 14.5. The normalized spacial score (nSPS) is 11.0. The van der Waals surface area contributed by atoms with Gasteiger partial charge in [0.25, 0.3) is 11.1 Å². The predicted octanol–water partition coefficient (Wildman–Crippen LogP) is 11.2. The molecule has 2 aromatic heterocycles. The first-order chi connectivity index (χ1) is 28.8. The summed E-state index contributed by atoms with van der Waals surface area (Å²) >= 11 is 3.43. The number of aromatic nitrogens is 4. The molecule has 7 nitrogen and oxygen atoms in total. The fraction of sp³-hybridized carbons (Fsp3) is 0.0980. The van der Waals surface area contributed by atoms with E-state index in [9.17, 15) is 9.59 Å². The molecule has 0 aliphatic carbocycles. The molecule has 0 spiro atoms. The van der Waals surface area contributed by atoms with E-state index < -0.39 is 0 Å². The van der Waals surface area contributed by atoms with E-state index >= 15 is 0 Å². The summed E-state index contributed by atoms with van der Waals surface area (Å²) in [6.45, 7) is 5.47. The maximum atomic E-state index is 13.4. The van der Waals surface area contributed by atoms with Crippen LogP contribution in [0.5, 0.6) is 0 Å². The van der Waals surface area contributed by atoms with E-state index in [1.807, 2.05) is 105 Å². The molecule has 0 unspecified atom stereocenters. The van der Waals surface area contributed by atoms with E-state index in [0.29, 0.717) is 36.2 Å². The molecule has 8 heteroatoms. The minimum absolute atomic E-state index is 0.0130. The summed E-state index contributed by atoms with van der Waals surface area (Å²) in [5.74, 6) is 1.43. The molecule has 0 atom stereocenters. The van der Waals surface area contributed by atoms with E-state index in [1.165, 1.54) is 22.3 Å². The van der Waals surface area contributed by atoms with Crippen molar-refractivity contribution in [1.29, 1.82) is 0 Å². The zero-order valence-corrected chi connectivity index (χ0v) is 34.4. The van der Waals surface area contributed by atoms with Gasteiger partial charge in [-0.15, -0.1) is 0 Å². The molecule has 9 aromatic rings. The summed E-state index contributed by atoms with van der Waals surface area (Å²) in [6, 6.07) is 58.8. The van der Waals surface area contributed by atoms with Crippen LogP contribution in [0.25, 0.3) is 44.1 Å². The Balaban J connectivity index is 0.000000169. The minimum Gasteiger partial charge on any atom is -0.381 e. The third-order valence-corrected chi connectivity index (χ3v) is 10.9. The molecular weight excluding hydrogens is 794 g/mol. The van der Waals surface area contributed by atoms with Crippen molar-refractivity contribution < 1.29 is 0 Å². The van der Waals surface area contributed by atoms with Crippen molar-refractivity contribution in [1.82, 2.24) is 19.1 Å². The topological polar surface area (TPSA) is 81.8 Å². The van der Waals surface area contributed by atoms with Gasteiger partial charge in [0.15, 0.2) is 0 Å². The van der Waals surface area contributed by atoms with Crippen molar-refractivity contribution in [3.63, 3.8) is 0 Å². The van der Waals surface area contributed by atoms with E-state index in [0.717, 1.165) is 43.7 Å². The Bertz CT molecular complexity index is 2990. The number of nitrogens with zero attached hydrogens (tertiary/aromatic N) is 4. The SMILES string of the molecule is Cc1nc2ccc(Br)cc2c(=O)n1Cc1ccc(-c2ccccc2)cc1.Cc1nc2ccc(NCc3ccccc3)cc2c(=O)n1Cc1ccc(-c2ccccc2)cc1. The molecule has 0 aliphatic rings. The van der Waals surface area contributed by atoms with Gasteiger partial charge in [-0.05, 0) is 89.2 Å². The van der Waals surface area contributed by atoms with Crippen LogP contribution in [-0.2, 0) is 19.6 Å². The van der Waals surface area contributed by atoms with Gasteiger partial charge < -0.3 is 5.32 Å². The molecule has 7 aromatic carbocycles. The molecule has 0 saturated carbocycles. The van der Waals surface area contributed by atoms with Gasteiger partial charge >= 0.3 is 0 Å². The summed E-state index contributed by atoms with van der Waals surface area (Å²) in [5.41, 5.74) is 10.4. The van der Waals surface area contributed by atoms with Crippen molar-refractivity contribution in [2.75, 3.05) is 5.32 Å². The van der Waals surface area contributed by atoms with Gasteiger partial charge in [0.1, 0.15) is 11.6 Å². The van der Waals surface area contributed by atoms with Gasteiger partial charge in [0.2, 0.25) is 0 Å². The Hall–Kier alpha value is -6.90. The Morgan fingerprint density at radius 1 is 0.475 bits per heavy atom. The molecule has 2 heterocycles. The fourth-order valence-electron chi connectivity index (χ4n) is 7.15. The van der Waals surface area contributed by atoms with Crippen LogP contribution in [0.3, 0.4) is 0 Å². The second kappa shape index (κ2) is 17.7. The molecule has 0 radical (unpaired) electrons. The predicted molar refractivity (Wildman–Crippen MR) is 245 cm³/mol. The number of aryl methyl sites for hydroxylation is 2. The van der Waals surface area contributed by atoms with Gasteiger partial charge in [-0.2, -0.15) is 0 Å². The lowest BCUT2D eigenvalue weighted by molar-refractivity contribution is 0.713. The first kappa shape index (κ1) is 38.9. The molecule has 0 amide bonds. The van der Waals surface area contributed by atoms with Crippen molar-refractivity contribution in [3.8, 4) is 22.3 Å². The summed E-state index contributed by atoms with van der Waals surface area (Å²) in [5, 5.41) is 4.66. The molecule has 0 fully saturated rings. The Kier molecular flexibility index (Phi) is 11.7. The van der Waals surface area contributed by atoms with Gasteiger partial charge in [-0.1, -0.05) is 155 Å². The maximum absolute atomic E-state index is 13.4. The Morgan fingerprint density at radius 2 is 0.898 bits per heavy atom. The molecule has 0 bridgehead atoms. The molecular formula is C51H42BrN5O2. The number of nitrogens with one attached hydrogen (secondary N) is 1. The van der Waals surface area contributed by atoms with Crippen molar-refractivity contribution in [2.45, 2.75) is 33.5 Å². The third kappa shape index (κ3) is 9.14. The van der Waals surface area contributed by atoms with E-state index in [-0.39, 0.29) is 11.1 Å². The summed E-state index contributed by atoms with van der Waals surface area (Å²) in [4.78, 5) is 35.5. The van der Waals surface area contributed by atoms with Crippen LogP contribution in [0.2, 0.25) is 0 Å². The zero-order chi connectivity index (χ0) is 40.7. The molecule has 0 saturated heterocycles. The number of halogens is 1. The monoisotopic (exact) mass is 835 g/mol. The van der Waals surface area contributed by atoms with Crippen molar-refractivity contribution in [2.24, 2.45) is 0 Å². The van der Waals surface area contributed by atoms with Crippen molar-refractivity contribution in [3.05, 3.63) is 229 Å². The Morgan fingerprint density at radius 3 is 1.39 bits per heavy atom. The van der Waals surface area contributed by atoms with E-state index in [1.54, 1.807) is 9.13 Å². The highest BCUT2D eigenvalue weighted by molar-refractivity contribution is 9.10. The molecule has 290 valence electrons. The number of anilines is 1. The third-order valence-electron chi connectivity index (χ3n) is 10.4. The van der Waals surface area contributed by atoms with Crippen LogP contribution in [0.4, 0.5) is 5.69 Å². The second-order valence-corrected chi connectivity index (χ2v) is 15.4. The van der Waals surface area contributed by atoms with Gasteiger partial charge in [-0.25, -0.2) is 9.97 Å². The lowest BCUT2D eigenvalue weighted by Gasteiger charge is -2.13. The molecule has 9 rings (SSSR count). The van der Waals surface area contributed by atoms with Crippen LogP contribution in [-0.4, -0.2) is 19.1 Å². The minimum atomic E-state index is -0.0204. The lowest BCUT2D eigenvalue weighted by atomic mass is 10.0. The summed E-state index contributed by atoms with van der Waals surface area (Å²) in [7, 11) is 0. The van der Waals surface area contributed by atoms with Gasteiger partial charge in [0.05, 0.1) is 34.9 Å². The number of fused-ring (bicyclic) bond motifs is 2. The summed E-state index contributed by atoms with van der Waals surface area (Å²) < 4.78 is 4.36. The highest BCUT2D eigenvalue weighted by Crippen LogP contribution is 2.23. The number of hydrogen-bond acceptors (Lipinski definition) is 5. The fourth-order valence-corrected chi connectivity index (χ4v) is 7.51. The van der Waals surface area contributed by atoms with Gasteiger partial charge in [-0.3, -0.25) is 18.7 Å². The largest absolute Gasteiger partial charge is 0.381 e. The standard InChI is InChI=1S/C29H25N3O.C22H17BrN2O/c1-21-31-28-17-16-26(30-19-22-8-4-2-5-9-22)18-27(28)29(33)32(21)20-23-12-14-25(15-13-23)24-10-6-3-7-11-24;1-15-24-21-12-11-19(23)13-20(21)22(26)25(15)14-16-7-9-18(10-8-16)17-5-3-2-4-6-17/h2-18,30H,19-20H2,1H3;2-13H,14H2,1H3. The number of benzene rings is 7. The molecule has 59 heavy (non-hydrogen) atoms. The Labute approximate surface area is 351 Å². The van der Waals surface area contributed by atoms with E-state index in [2.05, 4.69) is 111 Å². The van der Waals surface area contributed by atoms with Crippen LogP contribution in [0, 0.1) is 13.8 Å². The van der Waals surface area contributed by atoms with Crippen LogP contribution in [0.15, 0.2) is 190 Å². The quantitative estimate of drug-likeness (QED) is 0.157. The van der Waals surface area contributed by atoms with Crippen molar-refractivity contribution >= 4 is 43.4 Å². The molecule has 1 N–H and O–H groups in total. The lowest BCUT2D eigenvalue weighted by Crippen LogP contribution is -2.24. The number of hydrogen-bond donors (Lipinski definition) is 1. The average Bonchev–Trinajstić information content (AvgIpc) is 3.28. The van der Waals surface area contributed by atoms with Crippen LogP contribution in [0.1, 0.15) is 28.3 Å². The maximum Gasteiger partial charge on any atom is 0.261 e. The first-order valence-corrected chi connectivity index (χ1v) is 20.3. The van der Waals surface area contributed by atoms with E-state index in [4.69, 9.17) is 4.98 Å². The average molecular weight is 837 g/mol. The highest BCUT2D eigenvalue weighted by Gasteiger charge is 2.12. The number of rotatable bonds is 9. The zero-order valence-electron chi connectivity index (χ0n) is 32.8. The smallest absolute Gasteiger partial charge is 0.261 e. The van der Waals surface area contributed by atoms with Gasteiger partial charge in [0, 0.05) is 16.7 Å². The first-order valence-electron chi connectivity index (χ1n) is 19.5. The molecule has 0 aliphatic heterocycles. The summed E-state index contributed by atoms with van der Waals surface area (Å²) in [6.07, 6.45) is 0. The van der Waals surface area contributed by atoms with Crippen LogP contribution < -0.4 is 16.4 Å².